The number of nitrogens with one attached hydrogen (secondary N) is 2. The van der Waals surface area contributed by atoms with Crippen molar-refractivity contribution >= 4 is 17.3 Å². The largest absolute Gasteiger partial charge is 0.371 e. The van der Waals surface area contributed by atoms with Crippen LogP contribution in [0.2, 0.25) is 0 Å². The van der Waals surface area contributed by atoms with Crippen LogP contribution in [0.25, 0.3) is 0 Å². The number of piperazine rings is 1. The van der Waals surface area contributed by atoms with Crippen LogP contribution in [-0.2, 0) is 0 Å². The summed E-state index contributed by atoms with van der Waals surface area (Å²) in [5.74, 6) is -0.264. The first-order chi connectivity index (χ1) is 11.5. The molecule has 2 fully saturated rings. The van der Waals surface area contributed by atoms with Gasteiger partial charge in [-0.05, 0) is 18.9 Å². The number of amides is 1. The highest BCUT2D eigenvalue weighted by molar-refractivity contribution is 6.00. The number of benzene rings is 1. The molecule has 2 aliphatic heterocycles. The van der Waals surface area contributed by atoms with Gasteiger partial charge in [0.2, 0.25) is 0 Å². The normalized spacial score (nSPS) is 19.5. The van der Waals surface area contributed by atoms with Crippen molar-refractivity contribution in [2.45, 2.75) is 12.8 Å². The Bertz CT molecular complexity index is 622. The van der Waals surface area contributed by atoms with Crippen molar-refractivity contribution in [2.24, 2.45) is 0 Å². The Balaban J connectivity index is 1.81. The van der Waals surface area contributed by atoms with Crippen LogP contribution in [-0.4, -0.2) is 62.2 Å². The monoisotopic (exact) mass is 334 g/mol. The van der Waals surface area contributed by atoms with Crippen molar-refractivity contribution in [2.75, 3.05) is 51.2 Å². The molecule has 8 heteroatoms. The van der Waals surface area contributed by atoms with Gasteiger partial charge in [0.1, 0.15) is 0 Å². The lowest BCUT2D eigenvalue weighted by Gasteiger charge is -2.30. The topological polar surface area (TPSA) is 83.2 Å². The van der Waals surface area contributed by atoms with E-state index in [2.05, 4.69) is 17.4 Å². The number of hydrazine groups is 1. The maximum Gasteiger partial charge on any atom is 0.270 e. The highest BCUT2D eigenvalue weighted by atomic mass is 16.6. The maximum absolute atomic E-state index is 12.7. The third kappa shape index (κ3) is 3.65. The molecule has 3 rings (SSSR count). The van der Waals surface area contributed by atoms with Crippen molar-refractivity contribution < 1.29 is 14.6 Å². The molecule has 2 N–H and O–H groups in total. The average molecular weight is 334 g/mol. The molecular weight excluding hydrogens is 310 g/mol. The molecule has 1 aromatic rings. The van der Waals surface area contributed by atoms with Crippen LogP contribution >= 0.6 is 0 Å². The summed E-state index contributed by atoms with van der Waals surface area (Å²) in [7, 11) is 2.13. The van der Waals surface area contributed by atoms with E-state index in [1.807, 2.05) is 5.01 Å². The smallest absolute Gasteiger partial charge is 0.270 e. The fourth-order valence-corrected chi connectivity index (χ4v) is 3.26. The molecule has 2 heterocycles. The number of nitro benzene ring substituents is 1. The lowest BCUT2D eigenvalue weighted by molar-refractivity contribution is -0.884. The second kappa shape index (κ2) is 7.14. The van der Waals surface area contributed by atoms with E-state index in [0.717, 1.165) is 57.8 Å². The number of non-ortho nitro benzene ring substituents is 1. The fraction of sp³-hybridized carbons (Fsp3) is 0.562. The Labute approximate surface area is 141 Å². The van der Waals surface area contributed by atoms with E-state index in [9.17, 15) is 14.9 Å². The van der Waals surface area contributed by atoms with Gasteiger partial charge in [-0.15, -0.1) is 0 Å². The Kier molecular flexibility index (Phi) is 4.96. The van der Waals surface area contributed by atoms with Crippen molar-refractivity contribution in [3.63, 3.8) is 0 Å². The number of hydrogen-bond acceptors (Lipinski definition) is 5. The van der Waals surface area contributed by atoms with E-state index >= 15 is 0 Å². The number of likely N-dealkylation sites (N-methyl/N-ethyl adjacent to an activating group) is 1. The van der Waals surface area contributed by atoms with Gasteiger partial charge < -0.3 is 9.80 Å². The van der Waals surface area contributed by atoms with Crippen LogP contribution in [0.3, 0.4) is 0 Å². The molecule has 0 radical (unpaired) electrons. The molecule has 2 saturated heterocycles. The molecule has 0 aromatic heterocycles. The first kappa shape index (κ1) is 16.7. The van der Waals surface area contributed by atoms with Crippen LogP contribution in [0.5, 0.6) is 0 Å². The number of quaternary nitrogens is 1. The lowest BCUT2D eigenvalue weighted by atomic mass is 10.1. The van der Waals surface area contributed by atoms with Gasteiger partial charge in [0.05, 0.1) is 49.4 Å². The minimum absolute atomic E-state index is 0.0501. The van der Waals surface area contributed by atoms with Gasteiger partial charge in [0, 0.05) is 25.2 Å². The molecular formula is C16H24N5O3+. The highest BCUT2D eigenvalue weighted by Gasteiger charge is 2.25. The lowest BCUT2D eigenvalue weighted by Crippen LogP contribution is -3.12. The number of rotatable bonds is 4. The summed E-state index contributed by atoms with van der Waals surface area (Å²) in [4.78, 5) is 26.9. The molecule has 0 bridgehead atoms. The van der Waals surface area contributed by atoms with Gasteiger partial charge in [0.15, 0.2) is 0 Å². The molecule has 8 nitrogen and oxygen atoms in total. The molecule has 2 aliphatic rings. The first-order valence-corrected chi connectivity index (χ1v) is 8.45. The first-order valence-electron chi connectivity index (χ1n) is 8.45. The van der Waals surface area contributed by atoms with Crippen molar-refractivity contribution in [3.05, 3.63) is 33.9 Å². The van der Waals surface area contributed by atoms with Crippen molar-refractivity contribution in [3.8, 4) is 0 Å². The standard InChI is InChI=1S/C16H23N5O3/c1-18-8-10-20(11-9-18)17-16(22)14-12-13(21(23)24)4-5-15(14)19-6-2-3-7-19/h4-5,12H,2-3,6-11H2,1H3,(H,17,22)/p+1. The second-order valence-corrected chi connectivity index (χ2v) is 6.54. The molecule has 0 unspecified atom stereocenters. The zero-order chi connectivity index (χ0) is 17.1. The maximum atomic E-state index is 12.7. The Morgan fingerprint density at radius 2 is 1.88 bits per heavy atom. The van der Waals surface area contributed by atoms with Gasteiger partial charge >= 0.3 is 0 Å². The zero-order valence-corrected chi connectivity index (χ0v) is 14.0. The molecule has 0 spiro atoms. The Morgan fingerprint density at radius 3 is 2.50 bits per heavy atom. The van der Waals surface area contributed by atoms with Crippen molar-refractivity contribution in [1.29, 1.82) is 0 Å². The van der Waals surface area contributed by atoms with E-state index in [-0.39, 0.29) is 11.6 Å². The number of carbonyl (C=O) groups excluding carboxylic acids is 1. The summed E-state index contributed by atoms with van der Waals surface area (Å²) < 4.78 is 0. The molecule has 24 heavy (non-hydrogen) atoms. The quantitative estimate of drug-likeness (QED) is 0.582. The van der Waals surface area contributed by atoms with Crippen LogP contribution in [0, 0.1) is 10.1 Å². The number of nitrogens with zero attached hydrogens (tertiary/aromatic N) is 3. The molecule has 0 atom stereocenters. The summed E-state index contributed by atoms with van der Waals surface area (Å²) in [5, 5.41) is 13.0. The van der Waals surface area contributed by atoms with Gasteiger partial charge in [-0.25, -0.2) is 5.01 Å². The molecule has 1 amide bonds. The number of hydrogen-bond donors (Lipinski definition) is 2. The number of carbonyl (C=O) groups is 1. The number of anilines is 1. The van der Waals surface area contributed by atoms with E-state index < -0.39 is 4.92 Å². The van der Waals surface area contributed by atoms with E-state index in [4.69, 9.17) is 0 Å². The van der Waals surface area contributed by atoms with E-state index in [1.54, 1.807) is 6.07 Å². The Morgan fingerprint density at radius 1 is 1.21 bits per heavy atom. The summed E-state index contributed by atoms with van der Waals surface area (Å²) in [6, 6.07) is 4.57. The predicted molar refractivity (Wildman–Crippen MR) is 90.2 cm³/mol. The highest BCUT2D eigenvalue weighted by Crippen LogP contribution is 2.28. The van der Waals surface area contributed by atoms with Crippen LogP contribution in [0.1, 0.15) is 23.2 Å². The predicted octanol–water partition coefficient (Wildman–Crippen LogP) is -0.330. The van der Waals surface area contributed by atoms with Crippen molar-refractivity contribution in [1.82, 2.24) is 10.4 Å². The minimum atomic E-state index is -0.455. The zero-order valence-electron chi connectivity index (χ0n) is 14.0. The van der Waals surface area contributed by atoms with E-state index in [1.165, 1.54) is 17.0 Å². The van der Waals surface area contributed by atoms with Crippen LogP contribution < -0.4 is 15.2 Å². The van der Waals surface area contributed by atoms with Gasteiger partial charge in [-0.1, -0.05) is 0 Å². The minimum Gasteiger partial charge on any atom is -0.371 e. The molecule has 1 aromatic carbocycles. The molecule has 0 aliphatic carbocycles. The molecule has 130 valence electrons. The van der Waals surface area contributed by atoms with Gasteiger partial charge in [-0.2, -0.15) is 0 Å². The van der Waals surface area contributed by atoms with Gasteiger partial charge in [0.25, 0.3) is 11.6 Å². The fourth-order valence-electron chi connectivity index (χ4n) is 3.26. The summed E-state index contributed by atoms with van der Waals surface area (Å²) in [6.07, 6.45) is 2.17. The van der Waals surface area contributed by atoms with Crippen LogP contribution in [0.15, 0.2) is 18.2 Å². The third-order valence-electron chi connectivity index (χ3n) is 4.76. The summed E-state index contributed by atoms with van der Waals surface area (Å²) >= 11 is 0. The third-order valence-corrected chi connectivity index (χ3v) is 4.76. The second-order valence-electron chi connectivity index (χ2n) is 6.54. The van der Waals surface area contributed by atoms with Crippen LogP contribution in [0.4, 0.5) is 11.4 Å². The summed E-state index contributed by atoms with van der Waals surface area (Å²) in [6.45, 7) is 5.27. The van der Waals surface area contributed by atoms with Gasteiger partial charge in [-0.3, -0.25) is 20.3 Å². The summed E-state index contributed by atoms with van der Waals surface area (Å²) in [5.41, 5.74) is 4.04. The van der Waals surface area contributed by atoms with E-state index in [0.29, 0.717) is 5.56 Å². The Hall–Kier alpha value is -2.19. The number of nitro groups is 1. The molecule has 0 saturated carbocycles. The SMILES string of the molecule is C[NH+]1CCN(NC(=O)c2cc([N+](=O)[O-])ccc2N2CCCC2)CC1. The average Bonchev–Trinajstić information content (AvgIpc) is 3.10.